The van der Waals surface area contributed by atoms with Crippen LogP contribution in [0.1, 0.15) is 17.5 Å². The zero-order chi connectivity index (χ0) is 18.0. The third-order valence-corrected chi connectivity index (χ3v) is 5.12. The van der Waals surface area contributed by atoms with E-state index in [-0.39, 0.29) is 29.6 Å². The summed E-state index contributed by atoms with van der Waals surface area (Å²) in [5.41, 5.74) is 1.35. The first-order valence-electron chi connectivity index (χ1n) is 7.59. The summed E-state index contributed by atoms with van der Waals surface area (Å²) >= 11 is 0. The van der Waals surface area contributed by atoms with E-state index >= 15 is 0 Å². The number of carbonyl (C=O) groups excluding carboxylic acids is 1. The van der Waals surface area contributed by atoms with Crippen LogP contribution >= 0.6 is 0 Å². The van der Waals surface area contributed by atoms with Crippen molar-refractivity contribution in [3.05, 3.63) is 59.4 Å². The summed E-state index contributed by atoms with van der Waals surface area (Å²) in [4.78, 5) is 16.3. The molecular formula is C17H16FN3O3S. The number of amides is 1. The van der Waals surface area contributed by atoms with Gasteiger partial charge < -0.3 is 5.32 Å². The Balaban J connectivity index is 1.64. The van der Waals surface area contributed by atoms with Crippen molar-refractivity contribution < 1.29 is 17.6 Å². The molecule has 0 saturated heterocycles. The minimum Gasteiger partial charge on any atom is -0.326 e. The SMILES string of the molecule is Cc1ccc(NC(=O)CCN=C2NS(=O)(=O)c3ccccc32)cc1F. The number of hydrogen-bond donors (Lipinski definition) is 2. The van der Waals surface area contributed by atoms with Gasteiger partial charge in [0.05, 0.1) is 11.4 Å². The summed E-state index contributed by atoms with van der Waals surface area (Å²) in [7, 11) is -3.59. The molecule has 2 N–H and O–H groups in total. The molecule has 25 heavy (non-hydrogen) atoms. The number of anilines is 1. The highest BCUT2D eigenvalue weighted by Crippen LogP contribution is 2.22. The molecule has 0 aliphatic carbocycles. The number of rotatable bonds is 4. The predicted octanol–water partition coefficient (Wildman–Crippen LogP) is 2.20. The molecule has 0 fully saturated rings. The number of fused-ring (bicyclic) bond motifs is 1. The number of halogens is 1. The topological polar surface area (TPSA) is 87.6 Å². The molecule has 0 spiro atoms. The lowest BCUT2D eigenvalue weighted by atomic mass is 10.2. The Kier molecular flexibility index (Phi) is 4.54. The zero-order valence-corrected chi connectivity index (χ0v) is 14.2. The molecule has 0 aromatic heterocycles. The fourth-order valence-electron chi connectivity index (χ4n) is 2.41. The Morgan fingerprint density at radius 3 is 2.76 bits per heavy atom. The first-order chi connectivity index (χ1) is 11.9. The van der Waals surface area contributed by atoms with Crippen LogP contribution in [0.25, 0.3) is 0 Å². The molecule has 2 aromatic carbocycles. The van der Waals surface area contributed by atoms with Crippen molar-refractivity contribution in [2.24, 2.45) is 4.99 Å². The molecule has 2 aromatic rings. The molecule has 1 heterocycles. The van der Waals surface area contributed by atoms with Gasteiger partial charge in [-0.2, -0.15) is 0 Å². The highest BCUT2D eigenvalue weighted by atomic mass is 32.2. The molecule has 0 saturated carbocycles. The van der Waals surface area contributed by atoms with Crippen LogP contribution in [-0.4, -0.2) is 26.7 Å². The van der Waals surface area contributed by atoms with Gasteiger partial charge in [0, 0.05) is 17.7 Å². The number of sulfonamides is 1. The molecule has 1 aliphatic rings. The smallest absolute Gasteiger partial charge is 0.263 e. The van der Waals surface area contributed by atoms with Crippen molar-refractivity contribution in [2.75, 3.05) is 11.9 Å². The number of aryl methyl sites for hydroxylation is 1. The lowest BCUT2D eigenvalue weighted by Gasteiger charge is -2.05. The van der Waals surface area contributed by atoms with Gasteiger partial charge in [-0.25, -0.2) is 12.8 Å². The van der Waals surface area contributed by atoms with Crippen molar-refractivity contribution in [3.8, 4) is 0 Å². The summed E-state index contributed by atoms with van der Waals surface area (Å²) in [5.74, 6) is -0.499. The molecule has 130 valence electrons. The van der Waals surface area contributed by atoms with E-state index in [1.165, 1.54) is 12.1 Å². The Hall–Kier alpha value is -2.74. The third-order valence-electron chi connectivity index (χ3n) is 3.73. The summed E-state index contributed by atoms with van der Waals surface area (Å²) < 4.78 is 39.7. The van der Waals surface area contributed by atoms with Crippen LogP contribution in [-0.2, 0) is 14.8 Å². The van der Waals surface area contributed by atoms with Crippen molar-refractivity contribution in [1.82, 2.24) is 4.72 Å². The van der Waals surface area contributed by atoms with Gasteiger partial charge in [-0.05, 0) is 36.8 Å². The second kappa shape index (κ2) is 6.64. The van der Waals surface area contributed by atoms with Gasteiger partial charge in [0.25, 0.3) is 10.0 Å². The number of nitrogens with one attached hydrogen (secondary N) is 2. The maximum atomic E-state index is 13.5. The van der Waals surface area contributed by atoms with Crippen LogP contribution in [0.3, 0.4) is 0 Å². The average Bonchev–Trinajstić information content (AvgIpc) is 2.82. The van der Waals surface area contributed by atoms with Gasteiger partial charge in [0.1, 0.15) is 11.7 Å². The largest absolute Gasteiger partial charge is 0.326 e. The summed E-state index contributed by atoms with van der Waals surface area (Å²) in [6.07, 6.45) is 0.0445. The first-order valence-corrected chi connectivity index (χ1v) is 9.08. The molecule has 1 amide bonds. The van der Waals surface area contributed by atoms with E-state index in [0.29, 0.717) is 16.8 Å². The zero-order valence-electron chi connectivity index (χ0n) is 13.4. The van der Waals surface area contributed by atoms with E-state index in [0.717, 1.165) is 0 Å². The Bertz CT molecular complexity index is 971. The molecule has 0 atom stereocenters. The number of amidine groups is 1. The Labute approximate surface area is 144 Å². The quantitative estimate of drug-likeness (QED) is 0.875. The summed E-state index contributed by atoms with van der Waals surface area (Å²) in [6, 6.07) is 10.9. The van der Waals surface area contributed by atoms with Gasteiger partial charge in [0.2, 0.25) is 5.91 Å². The van der Waals surface area contributed by atoms with E-state index in [1.807, 2.05) is 0 Å². The molecule has 1 aliphatic heterocycles. The second-order valence-corrected chi connectivity index (χ2v) is 7.24. The number of carbonyl (C=O) groups is 1. The van der Waals surface area contributed by atoms with Crippen LogP contribution in [0.5, 0.6) is 0 Å². The van der Waals surface area contributed by atoms with E-state index in [1.54, 1.807) is 37.3 Å². The van der Waals surface area contributed by atoms with Crippen LogP contribution in [0.4, 0.5) is 10.1 Å². The highest BCUT2D eigenvalue weighted by Gasteiger charge is 2.29. The van der Waals surface area contributed by atoms with Crippen LogP contribution in [0, 0.1) is 12.7 Å². The standard InChI is InChI=1S/C17H16FN3O3S/c1-11-6-7-12(10-14(11)18)20-16(22)8-9-19-17-13-4-2-3-5-15(13)25(23,24)21-17/h2-7,10H,8-9H2,1H3,(H,19,21)(H,20,22). The van der Waals surface area contributed by atoms with Crippen molar-refractivity contribution in [3.63, 3.8) is 0 Å². The van der Waals surface area contributed by atoms with Gasteiger partial charge in [-0.3, -0.25) is 14.5 Å². The second-order valence-electron chi connectivity index (χ2n) is 5.59. The van der Waals surface area contributed by atoms with Gasteiger partial charge in [0.15, 0.2) is 0 Å². The molecule has 0 bridgehead atoms. The molecule has 3 rings (SSSR count). The maximum absolute atomic E-state index is 13.5. The molecule has 8 heteroatoms. The van der Waals surface area contributed by atoms with Crippen LogP contribution in [0.15, 0.2) is 52.4 Å². The van der Waals surface area contributed by atoms with E-state index in [9.17, 15) is 17.6 Å². The molecule has 6 nitrogen and oxygen atoms in total. The fraction of sp³-hybridized carbons (Fsp3) is 0.176. The van der Waals surface area contributed by atoms with Crippen molar-refractivity contribution >= 4 is 27.5 Å². The third kappa shape index (κ3) is 3.69. The molecular weight excluding hydrogens is 345 g/mol. The maximum Gasteiger partial charge on any atom is 0.263 e. The van der Waals surface area contributed by atoms with Gasteiger partial charge in [-0.1, -0.05) is 18.2 Å². The van der Waals surface area contributed by atoms with E-state index in [2.05, 4.69) is 15.0 Å². The monoisotopic (exact) mass is 361 g/mol. The van der Waals surface area contributed by atoms with E-state index in [4.69, 9.17) is 0 Å². The Morgan fingerprint density at radius 2 is 2.00 bits per heavy atom. The number of hydrogen-bond acceptors (Lipinski definition) is 4. The molecule has 0 radical (unpaired) electrons. The fourth-order valence-corrected chi connectivity index (χ4v) is 3.67. The van der Waals surface area contributed by atoms with E-state index < -0.39 is 15.8 Å². The number of nitrogens with zero attached hydrogens (tertiary/aromatic N) is 1. The van der Waals surface area contributed by atoms with Crippen LogP contribution < -0.4 is 10.0 Å². The lowest BCUT2D eigenvalue weighted by Crippen LogP contribution is -2.23. The van der Waals surface area contributed by atoms with Crippen LogP contribution in [0.2, 0.25) is 0 Å². The predicted molar refractivity (Wildman–Crippen MR) is 92.6 cm³/mol. The van der Waals surface area contributed by atoms with Crippen molar-refractivity contribution in [2.45, 2.75) is 18.2 Å². The highest BCUT2D eigenvalue weighted by molar-refractivity contribution is 7.90. The Morgan fingerprint density at radius 1 is 1.24 bits per heavy atom. The van der Waals surface area contributed by atoms with Gasteiger partial charge >= 0.3 is 0 Å². The average molecular weight is 361 g/mol. The molecule has 0 unspecified atom stereocenters. The minimum atomic E-state index is -3.59. The summed E-state index contributed by atoms with van der Waals surface area (Å²) in [5, 5.41) is 2.58. The van der Waals surface area contributed by atoms with Gasteiger partial charge in [-0.15, -0.1) is 0 Å². The normalized spacial score (nSPS) is 16.3. The summed E-state index contributed by atoms with van der Waals surface area (Å²) in [6.45, 7) is 1.74. The number of benzene rings is 2. The lowest BCUT2D eigenvalue weighted by molar-refractivity contribution is -0.116. The first kappa shape index (κ1) is 17.1. The number of aliphatic imine (C=N–C) groups is 1. The van der Waals surface area contributed by atoms with Crippen molar-refractivity contribution in [1.29, 1.82) is 0 Å². The minimum absolute atomic E-state index is 0.0445.